The number of hydrogen-bond donors (Lipinski definition) is 2. The summed E-state index contributed by atoms with van der Waals surface area (Å²) < 4.78 is 7.42. The van der Waals surface area contributed by atoms with Crippen molar-refractivity contribution < 1.29 is 4.74 Å². The number of fused-ring (bicyclic) bond motifs is 1. The molecule has 0 spiro atoms. The second-order valence-corrected chi connectivity index (χ2v) is 4.65. The lowest BCUT2D eigenvalue weighted by Crippen LogP contribution is -1.99. The van der Waals surface area contributed by atoms with Gasteiger partial charge in [0.2, 0.25) is 0 Å². The number of nitrogens with zero attached hydrogens (tertiary/aromatic N) is 3. The van der Waals surface area contributed by atoms with Crippen LogP contribution in [0.3, 0.4) is 0 Å². The van der Waals surface area contributed by atoms with Crippen molar-refractivity contribution in [2.75, 3.05) is 12.8 Å². The zero-order valence-corrected chi connectivity index (χ0v) is 11.6. The summed E-state index contributed by atoms with van der Waals surface area (Å²) in [7, 11) is 1.65. The number of nitrogens with one attached hydrogen (secondary N) is 1. The number of nitrogen functional groups attached to an aromatic ring is 1. The maximum atomic E-state index is 5.68. The summed E-state index contributed by atoms with van der Waals surface area (Å²) in [6, 6.07) is 7.71. The zero-order valence-electron chi connectivity index (χ0n) is 11.6. The Bertz CT molecular complexity index is 743. The minimum Gasteiger partial charge on any atom is -0.497 e. The normalized spacial score (nSPS) is 11.1. The number of H-pyrrole nitrogens is 1. The summed E-state index contributed by atoms with van der Waals surface area (Å²) in [4.78, 5) is 4.68. The number of aromatic nitrogens is 4. The summed E-state index contributed by atoms with van der Waals surface area (Å²) in [5.41, 5.74) is 8.49. The van der Waals surface area contributed by atoms with Gasteiger partial charge in [-0.05, 0) is 18.6 Å². The Balaban J connectivity index is 2.21. The fraction of sp³-hybridized carbons (Fsp3) is 0.286. The van der Waals surface area contributed by atoms with E-state index in [-0.39, 0.29) is 0 Å². The van der Waals surface area contributed by atoms with E-state index in [0.29, 0.717) is 5.82 Å². The van der Waals surface area contributed by atoms with Gasteiger partial charge in [0, 0.05) is 18.7 Å². The molecule has 3 N–H and O–H groups in total. The van der Waals surface area contributed by atoms with Crippen LogP contribution in [0.5, 0.6) is 5.75 Å². The highest BCUT2D eigenvalue weighted by atomic mass is 16.5. The van der Waals surface area contributed by atoms with Crippen LogP contribution in [0.15, 0.2) is 24.3 Å². The Labute approximate surface area is 116 Å². The quantitative estimate of drug-likeness (QED) is 0.763. The predicted octanol–water partition coefficient (Wildman–Crippen LogP) is 2.43. The molecule has 20 heavy (non-hydrogen) atoms. The van der Waals surface area contributed by atoms with Gasteiger partial charge in [0.05, 0.1) is 18.1 Å². The number of anilines is 1. The molecule has 3 rings (SSSR count). The molecule has 6 heteroatoms. The minimum atomic E-state index is 0.465. The Morgan fingerprint density at radius 3 is 2.85 bits per heavy atom. The molecule has 2 aromatic heterocycles. The van der Waals surface area contributed by atoms with Crippen LogP contribution >= 0.6 is 0 Å². The summed E-state index contributed by atoms with van der Waals surface area (Å²) in [5.74, 6) is 2.11. The van der Waals surface area contributed by atoms with Gasteiger partial charge in [-0.1, -0.05) is 6.92 Å². The molecule has 0 aliphatic heterocycles. The minimum absolute atomic E-state index is 0.465. The van der Waals surface area contributed by atoms with Crippen molar-refractivity contribution in [1.29, 1.82) is 0 Å². The van der Waals surface area contributed by atoms with Crippen molar-refractivity contribution in [3.05, 3.63) is 24.3 Å². The number of aryl methyl sites for hydroxylation is 1. The fourth-order valence-electron chi connectivity index (χ4n) is 2.34. The average molecular weight is 271 g/mol. The van der Waals surface area contributed by atoms with Crippen LogP contribution in [-0.2, 0) is 6.54 Å². The van der Waals surface area contributed by atoms with Crippen molar-refractivity contribution in [2.45, 2.75) is 19.9 Å². The van der Waals surface area contributed by atoms with Crippen molar-refractivity contribution in [2.24, 2.45) is 0 Å². The Hall–Kier alpha value is -2.50. The monoisotopic (exact) mass is 271 g/mol. The number of methoxy groups -OCH3 is 1. The lowest BCUT2D eigenvalue weighted by Gasteiger charge is -2.06. The molecule has 0 saturated carbocycles. The van der Waals surface area contributed by atoms with Gasteiger partial charge in [0.1, 0.15) is 17.3 Å². The third-order valence-electron chi connectivity index (χ3n) is 3.24. The van der Waals surface area contributed by atoms with Crippen molar-refractivity contribution in [1.82, 2.24) is 19.7 Å². The largest absolute Gasteiger partial charge is 0.497 e. The molecule has 0 saturated heterocycles. The lowest BCUT2D eigenvalue weighted by molar-refractivity contribution is 0.415. The summed E-state index contributed by atoms with van der Waals surface area (Å²) in [6.07, 6.45) is 1.02. The van der Waals surface area contributed by atoms with Crippen molar-refractivity contribution in [3.8, 4) is 17.3 Å². The molecule has 0 radical (unpaired) electrons. The fourth-order valence-corrected chi connectivity index (χ4v) is 2.34. The summed E-state index contributed by atoms with van der Waals surface area (Å²) in [5, 5.41) is 6.89. The molecule has 0 aliphatic rings. The predicted molar refractivity (Wildman–Crippen MR) is 78.6 cm³/mol. The molecule has 0 fully saturated rings. The highest BCUT2D eigenvalue weighted by molar-refractivity contribution is 5.81. The first kappa shape index (κ1) is 12.5. The molecule has 3 aromatic rings. The molecule has 1 aromatic carbocycles. The van der Waals surface area contributed by atoms with Gasteiger partial charge >= 0.3 is 0 Å². The van der Waals surface area contributed by atoms with Crippen molar-refractivity contribution >= 4 is 16.9 Å². The SMILES string of the molecule is CCCn1c(-c2cc(N)n[nH]2)nc2cc(OC)ccc21. The van der Waals surface area contributed by atoms with Gasteiger partial charge < -0.3 is 15.0 Å². The number of imidazole rings is 1. The van der Waals surface area contributed by atoms with Gasteiger partial charge in [-0.15, -0.1) is 0 Å². The molecular formula is C14H17N5O. The highest BCUT2D eigenvalue weighted by Gasteiger charge is 2.14. The molecule has 0 bridgehead atoms. The van der Waals surface area contributed by atoms with Gasteiger partial charge in [0.25, 0.3) is 0 Å². The maximum Gasteiger partial charge on any atom is 0.159 e. The van der Waals surface area contributed by atoms with Gasteiger partial charge in [-0.3, -0.25) is 5.10 Å². The highest BCUT2D eigenvalue weighted by Crippen LogP contribution is 2.27. The Morgan fingerprint density at radius 1 is 1.35 bits per heavy atom. The van der Waals surface area contributed by atoms with Crippen LogP contribution < -0.4 is 10.5 Å². The van der Waals surface area contributed by atoms with Gasteiger partial charge in [-0.25, -0.2) is 4.98 Å². The van der Waals surface area contributed by atoms with E-state index < -0.39 is 0 Å². The lowest BCUT2D eigenvalue weighted by atomic mass is 10.3. The maximum absolute atomic E-state index is 5.68. The van der Waals surface area contributed by atoms with Crippen LogP contribution in [0.1, 0.15) is 13.3 Å². The van der Waals surface area contributed by atoms with Crippen LogP contribution in [0.4, 0.5) is 5.82 Å². The van der Waals surface area contributed by atoms with Crippen LogP contribution in [-0.4, -0.2) is 26.9 Å². The molecule has 6 nitrogen and oxygen atoms in total. The Morgan fingerprint density at radius 2 is 2.20 bits per heavy atom. The standard InChI is InChI=1S/C14H17N5O/c1-3-6-19-12-5-4-9(20-2)7-10(12)16-14(19)11-8-13(15)18-17-11/h4-5,7-8H,3,6H2,1-2H3,(H3,15,17,18). The molecule has 0 atom stereocenters. The number of hydrogen-bond acceptors (Lipinski definition) is 4. The van der Waals surface area contributed by atoms with E-state index in [4.69, 9.17) is 10.5 Å². The second kappa shape index (κ2) is 4.88. The smallest absolute Gasteiger partial charge is 0.159 e. The topological polar surface area (TPSA) is 81.8 Å². The number of benzene rings is 1. The van der Waals surface area contributed by atoms with E-state index in [0.717, 1.165) is 41.3 Å². The van der Waals surface area contributed by atoms with E-state index in [9.17, 15) is 0 Å². The number of aromatic amines is 1. The molecule has 2 heterocycles. The summed E-state index contributed by atoms with van der Waals surface area (Å²) in [6.45, 7) is 3.03. The van der Waals surface area contributed by atoms with Gasteiger partial charge in [-0.2, -0.15) is 5.10 Å². The third kappa shape index (κ3) is 1.99. The van der Waals surface area contributed by atoms with Crippen molar-refractivity contribution in [3.63, 3.8) is 0 Å². The first-order valence-electron chi connectivity index (χ1n) is 6.58. The molecule has 0 amide bonds. The first-order valence-corrected chi connectivity index (χ1v) is 6.58. The first-order chi connectivity index (χ1) is 9.72. The van der Waals surface area contributed by atoms with Gasteiger partial charge in [0.15, 0.2) is 5.82 Å². The third-order valence-corrected chi connectivity index (χ3v) is 3.24. The Kier molecular flexibility index (Phi) is 3.06. The molecule has 104 valence electrons. The van der Waals surface area contributed by atoms with E-state index in [1.807, 2.05) is 18.2 Å². The van der Waals surface area contributed by atoms with Crippen LogP contribution in [0.2, 0.25) is 0 Å². The number of ether oxygens (including phenoxy) is 1. The van der Waals surface area contributed by atoms with E-state index in [1.54, 1.807) is 13.2 Å². The van der Waals surface area contributed by atoms with Crippen LogP contribution in [0.25, 0.3) is 22.6 Å². The molecule has 0 unspecified atom stereocenters. The average Bonchev–Trinajstić information content (AvgIpc) is 3.03. The molecular weight excluding hydrogens is 254 g/mol. The molecule has 0 aliphatic carbocycles. The second-order valence-electron chi connectivity index (χ2n) is 4.65. The van der Waals surface area contributed by atoms with Crippen LogP contribution in [0, 0.1) is 0 Å². The number of rotatable bonds is 4. The zero-order chi connectivity index (χ0) is 14.1. The van der Waals surface area contributed by atoms with E-state index >= 15 is 0 Å². The van der Waals surface area contributed by atoms with E-state index in [2.05, 4.69) is 26.7 Å². The van der Waals surface area contributed by atoms with E-state index in [1.165, 1.54) is 0 Å². The number of nitrogens with two attached hydrogens (primary N) is 1. The summed E-state index contributed by atoms with van der Waals surface area (Å²) >= 11 is 0.